The molecule has 0 spiro atoms. The molecule has 2 amide bonds. The summed E-state index contributed by atoms with van der Waals surface area (Å²) in [6.45, 7) is 1.81. The summed E-state index contributed by atoms with van der Waals surface area (Å²) in [6.07, 6.45) is 1.70. The molecule has 20 heavy (non-hydrogen) atoms. The molecule has 1 aromatic carbocycles. The fourth-order valence-electron chi connectivity index (χ4n) is 1.69. The van der Waals surface area contributed by atoms with Crippen molar-refractivity contribution < 1.29 is 9.59 Å². The van der Waals surface area contributed by atoms with Crippen molar-refractivity contribution in [3.8, 4) is 11.3 Å². The Balaban J connectivity index is 1.85. The number of hydrogen-bond donors (Lipinski definition) is 3. The third kappa shape index (κ3) is 3.94. The van der Waals surface area contributed by atoms with Crippen molar-refractivity contribution in [3.63, 3.8) is 0 Å². The van der Waals surface area contributed by atoms with Crippen LogP contribution < -0.4 is 10.6 Å². The quantitative estimate of drug-likeness (QED) is 0.753. The molecule has 1 heterocycles. The van der Waals surface area contributed by atoms with Gasteiger partial charge in [0.15, 0.2) is 0 Å². The van der Waals surface area contributed by atoms with Crippen molar-refractivity contribution in [1.82, 2.24) is 20.8 Å². The first-order chi connectivity index (χ1) is 9.65. The van der Waals surface area contributed by atoms with E-state index in [1.165, 1.54) is 6.92 Å². The van der Waals surface area contributed by atoms with Crippen molar-refractivity contribution in [1.29, 1.82) is 0 Å². The van der Waals surface area contributed by atoms with Crippen molar-refractivity contribution in [2.75, 3.05) is 6.54 Å². The van der Waals surface area contributed by atoms with Crippen LogP contribution in [0, 0.1) is 0 Å². The molecular weight excluding hydrogens is 256 g/mol. The highest BCUT2D eigenvalue weighted by atomic mass is 16.2. The van der Waals surface area contributed by atoms with Crippen LogP contribution >= 0.6 is 0 Å². The second kappa shape index (κ2) is 6.51. The Labute approximate surface area is 116 Å². The summed E-state index contributed by atoms with van der Waals surface area (Å²) in [5, 5.41) is 12.0. The number of carbonyl (C=O) groups is 2. The summed E-state index contributed by atoms with van der Waals surface area (Å²) in [5.74, 6) is -0.429. The highest BCUT2D eigenvalue weighted by Crippen LogP contribution is 2.16. The van der Waals surface area contributed by atoms with Gasteiger partial charge in [-0.3, -0.25) is 14.7 Å². The zero-order chi connectivity index (χ0) is 14.4. The van der Waals surface area contributed by atoms with Crippen LogP contribution in [0.1, 0.15) is 12.5 Å². The molecule has 0 aliphatic carbocycles. The van der Waals surface area contributed by atoms with Gasteiger partial charge in [-0.1, -0.05) is 24.3 Å². The van der Waals surface area contributed by atoms with Crippen LogP contribution in [0.2, 0.25) is 0 Å². The molecule has 0 atom stereocenters. The monoisotopic (exact) mass is 272 g/mol. The molecule has 0 aliphatic rings. The average molecular weight is 272 g/mol. The lowest BCUT2D eigenvalue weighted by Gasteiger charge is -2.06. The van der Waals surface area contributed by atoms with E-state index in [-0.39, 0.29) is 18.4 Å². The van der Waals surface area contributed by atoms with E-state index in [0.717, 1.165) is 16.8 Å². The molecule has 6 heteroatoms. The highest BCUT2D eigenvalue weighted by Gasteiger charge is 2.03. The Morgan fingerprint density at radius 1 is 1.15 bits per heavy atom. The Hall–Kier alpha value is -2.63. The average Bonchev–Trinajstić information content (AvgIpc) is 2.97. The minimum atomic E-state index is -0.218. The molecule has 1 aromatic heterocycles. The molecule has 0 fully saturated rings. The van der Waals surface area contributed by atoms with Crippen LogP contribution in [0.15, 0.2) is 36.5 Å². The van der Waals surface area contributed by atoms with Gasteiger partial charge >= 0.3 is 0 Å². The molecule has 0 saturated heterocycles. The number of H-pyrrole nitrogens is 1. The third-order valence-electron chi connectivity index (χ3n) is 2.75. The first kappa shape index (κ1) is 13.8. The maximum absolute atomic E-state index is 11.4. The van der Waals surface area contributed by atoms with E-state index in [0.29, 0.717) is 6.54 Å². The van der Waals surface area contributed by atoms with E-state index in [4.69, 9.17) is 0 Å². The Bertz CT molecular complexity index is 576. The Morgan fingerprint density at radius 3 is 2.50 bits per heavy atom. The van der Waals surface area contributed by atoms with Gasteiger partial charge in [0.2, 0.25) is 11.8 Å². The molecule has 0 saturated carbocycles. The van der Waals surface area contributed by atoms with Gasteiger partial charge in [0.05, 0.1) is 12.2 Å². The zero-order valence-electron chi connectivity index (χ0n) is 11.1. The standard InChI is InChI=1S/C14H16N4O2/c1-10(19)15-9-14(20)16-8-11-2-4-12(5-3-11)13-6-7-17-18-13/h2-7H,8-9H2,1H3,(H,15,19)(H,16,20)(H,17,18). The van der Waals surface area contributed by atoms with Crippen LogP contribution in [0.25, 0.3) is 11.3 Å². The summed E-state index contributed by atoms with van der Waals surface area (Å²) in [5.41, 5.74) is 2.98. The SMILES string of the molecule is CC(=O)NCC(=O)NCc1ccc(-c2ccn[nH]2)cc1. The number of amides is 2. The fraction of sp³-hybridized carbons (Fsp3) is 0.214. The van der Waals surface area contributed by atoms with Crippen molar-refractivity contribution in [2.24, 2.45) is 0 Å². The van der Waals surface area contributed by atoms with Gasteiger partial charge in [-0.25, -0.2) is 0 Å². The lowest BCUT2D eigenvalue weighted by Crippen LogP contribution is -2.35. The lowest BCUT2D eigenvalue weighted by molar-refractivity contribution is -0.125. The molecule has 2 aromatic rings. The molecule has 3 N–H and O–H groups in total. The van der Waals surface area contributed by atoms with Crippen LogP contribution in [-0.4, -0.2) is 28.6 Å². The Kier molecular flexibility index (Phi) is 4.49. The predicted molar refractivity (Wildman–Crippen MR) is 74.6 cm³/mol. The topological polar surface area (TPSA) is 86.9 Å². The maximum Gasteiger partial charge on any atom is 0.239 e. The first-order valence-corrected chi connectivity index (χ1v) is 6.25. The van der Waals surface area contributed by atoms with Gasteiger partial charge in [0, 0.05) is 19.7 Å². The smallest absolute Gasteiger partial charge is 0.239 e. The molecular formula is C14H16N4O2. The molecule has 0 radical (unpaired) electrons. The minimum absolute atomic E-state index is 0.00155. The maximum atomic E-state index is 11.4. The van der Waals surface area contributed by atoms with E-state index in [1.54, 1.807) is 6.20 Å². The summed E-state index contributed by atoms with van der Waals surface area (Å²) in [7, 11) is 0. The zero-order valence-corrected chi connectivity index (χ0v) is 11.1. The number of hydrogen-bond acceptors (Lipinski definition) is 3. The molecule has 2 rings (SSSR count). The van der Waals surface area contributed by atoms with Crippen molar-refractivity contribution >= 4 is 11.8 Å². The first-order valence-electron chi connectivity index (χ1n) is 6.25. The van der Waals surface area contributed by atoms with Crippen LogP contribution in [0.4, 0.5) is 0 Å². The summed E-state index contributed by atoms with van der Waals surface area (Å²) >= 11 is 0. The molecule has 6 nitrogen and oxygen atoms in total. The number of nitrogens with one attached hydrogen (secondary N) is 3. The second-order valence-electron chi connectivity index (χ2n) is 4.35. The summed E-state index contributed by atoms with van der Waals surface area (Å²) in [6, 6.07) is 9.69. The van der Waals surface area contributed by atoms with Crippen LogP contribution in [-0.2, 0) is 16.1 Å². The van der Waals surface area contributed by atoms with Crippen LogP contribution in [0.3, 0.4) is 0 Å². The van der Waals surface area contributed by atoms with Crippen molar-refractivity contribution in [3.05, 3.63) is 42.1 Å². The fourth-order valence-corrected chi connectivity index (χ4v) is 1.69. The van der Waals surface area contributed by atoms with Gasteiger partial charge < -0.3 is 10.6 Å². The van der Waals surface area contributed by atoms with E-state index in [1.807, 2.05) is 30.3 Å². The summed E-state index contributed by atoms with van der Waals surface area (Å²) in [4.78, 5) is 22.1. The number of nitrogens with zero attached hydrogens (tertiary/aromatic N) is 1. The van der Waals surface area contributed by atoms with Gasteiger partial charge in [-0.2, -0.15) is 5.10 Å². The van der Waals surface area contributed by atoms with Gasteiger partial charge in [-0.15, -0.1) is 0 Å². The van der Waals surface area contributed by atoms with E-state index >= 15 is 0 Å². The number of benzene rings is 1. The molecule has 0 aliphatic heterocycles. The second-order valence-corrected chi connectivity index (χ2v) is 4.35. The van der Waals surface area contributed by atoms with E-state index in [2.05, 4.69) is 20.8 Å². The number of rotatable bonds is 5. The van der Waals surface area contributed by atoms with Gasteiger partial charge in [0.1, 0.15) is 0 Å². The lowest BCUT2D eigenvalue weighted by atomic mass is 10.1. The van der Waals surface area contributed by atoms with E-state index < -0.39 is 0 Å². The number of aromatic amines is 1. The predicted octanol–water partition coefficient (Wildman–Crippen LogP) is 0.829. The minimum Gasteiger partial charge on any atom is -0.350 e. The molecule has 0 bridgehead atoms. The van der Waals surface area contributed by atoms with Crippen molar-refractivity contribution in [2.45, 2.75) is 13.5 Å². The van der Waals surface area contributed by atoms with Crippen LogP contribution in [0.5, 0.6) is 0 Å². The molecule has 0 unspecified atom stereocenters. The van der Waals surface area contributed by atoms with Gasteiger partial charge in [0.25, 0.3) is 0 Å². The largest absolute Gasteiger partial charge is 0.350 e. The van der Waals surface area contributed by atoms with Gasteiger partial charge in [-0.05, 0) is 17.2 Å². The summed E-state index contributed by atoms with van der Waals surface area (Å²) < 4.78 is 0. The third-order valence-corrected chi connectivity index (χ3v) is 2.75. The normalized spacial score (nSPS) is 10.1. The number of carbonyl (C=O) groups excluding carboxylic acids is 2. The highest BCUT2D eigenvalue weighted by molar-refractivity contribution is 5.83. The molecule has 104 valence electrons. The number of aromatic nitrogens is 2. The Morgan fingerprint density at radius 2 is 1.90 bits per heavy atom. The van der Waals surface area contributed by atoms with E-state index in [9.17, 15) is 9.59 Å².